The summed E-state index contributed by atoms with van der Waals surface area (Å²) in [5.74, 6) is -1.61. The Bertz CT molecular complexity index is 632. The molecule has 0 unspecified atom stereocenters. The summed E-state index contributed by atoms with van der Waals surface area (Å²) in [6.07, 6.45) is 0.00723. The zero-order valence-electron chi connectivity index (χ0n) is 13.8. The second-order valence-electron chi connectivity index (χ2n) is 5.09. The van der Waals surface area contributed by atoms with Crippen molar-refractivity contribution in [2.45, 2.75) is 19.8 Å². The van der Waals surface area contributed by atoms with Crippen LogP contribution in [-0.2, 0) is 19.2 Å². The number of carboxylic acids is 1. The number of amides is 3. The number of aliphatic carboxylic acids is 1. The highest BCUT2D eigenvalue weighted by Gasteiger charge is 2.08. The number of hydrogen-bond acceptors (Lipinski definition) is 5. The molecule has 0 fully saturated rings. The number of hydrogen-bond donors (Lipinski definition) is 4. The van der Waals surface area contributed by atoms with E-state index in [4.69, 9.17) is 9.84 Å². The summed E-state index contributed by atoms with van der Waals surface area (Å²) in [5, 5.41) is 16.3. The van der Waals surface area contributed by atoms with Gasteiger partial charge in [-0.15, -0.1) is 0 Å². The summed E-state index contributed by atoms with van der Waals surface area (Å²) in [5.41, 5.74) is 0.443. The maximum absolute atomic E-state index is 11.8. The van der Waals surface area contributed by atoms with Crippen LogP contribution in [0.4, 0.5) is 5.69 Å². The van der Waals surface area contributed by atoms with Crippen LogP contribution in [0.2, 0.25) is 0 Å². The van der Waals surface area contributed by atoms with Gasteiger partial charge in [0, 0.05) is 44.6 Å². The summed E-state index contributed by atoms with van der Waals surface area (Å²) in [6.45, 7) is 1.53. The molecule has 0 spiro atoms. The highest BCUT2D eigenvalue weighted by molar-refractivity contribution is 5.93. The van der Waals surface area contributed by atoms with Gasteiger partial charge in [-0.2, -0.15) is 0 Å². The first-order valence-corrected chi connectivity index (χ1v) is 7.62. The molecule has 0 saturated carbocycles. The van der Waals surface area contributed by atoms with Gasteiger partial charge in [0.05, 0.1) is 0 Å². The van der Waals surface area contributed by atoms with Gasteiger partial charge in [-0.05, 0) is 12.1 Å². The minimum atomic E-state index is -1.10. The molecule has 0 bridgehead atoms. The van der Waals surface area contributed by atoms with Gasteiger partial charge in [-0.1, -0.05) is 6.07 Å². The van der Waals surface area contributed by atoms with Crippen LogP contribution in [0.5, 0.6) is 5.75 Å². The van der Waals surface area contributed by atoms with E-state index >= 15 is 0 Å². The molecule has 0 aliphatic carbocycles. The molecule has 1 aromatic rings. The molecular formula is C16H21N3O6. The smallest absolute Gasteiger partial charge is 0.341 e. The van der Waals surface area contributed by atoms with Crippen LogP contribution in [0.15, 0.2) is 24.3 Å². The summed E-state index contributed by atoms with van der Waals surface area (Å²) in [6, 6.07) is 6.30. The number of ether oxygens (including phenoxy) is 1. The highest BCUT2D eigenvalue weighted by Crippen LogP contribution is 2.17. The normalized spacial score (nSPS) is 9.80. The van der Waals surface area contributed by atoms with Crippen molar-refractivity contribution in [3.63, 3.8) is 0 Å². The third-order valence-electron chi connectivity index (χ3n) is 2.88. The van der Waals surface area contributed by atoms with Gasteiger partial charge < -0.3 is 25.8 Å². The maximum atomic E-state index is 11.8. The molecule has 0 saturated heterocycles. The summed E-state index contributed by atoms with van der Waals surface area (Å²) in [4.78, 5) is 44.5. The number of rotatable bonds is 10. The van der Waals surface area contributed by atoms with Crippen LogP contribution in [-0.4, -0.2) is 48.5 Å². The van der Waals surface area contributed by atoms with Crippen molar-refractivity contribution >= 4 is 29.4 Å². The molecule has 0 aromatic heterocycles. The lowest BCUT2D eigenvalue weighted by Gasteiger charge is -2.08. The lowest BCUT2D eigenvalue weighted by atomic mass is 10.2. The third kappa shape index (κ3) is 9.59. The summed E-state index contributed by atoms with van der Waals surface area (Å²) < 4.78 is 5.01. The molecule has 9 heteroatoms. The van der Waals surface area contributed by atoms with E-state index in [0.29, 0.717) is 24.5 Å². The lowest BCUT2D eigenvalue weighted by Crippen LogP contribution is -2.33. The van der Waals surface area contributed by atoms with Crippen LogP contribution in [0.25, 0.3) is 0 Å². The van der Waals surface area contributed by atoms with E-state index in [9.17, 15) is 19.2 Å². The Morgan fingerprint density at radius 2 is 1.72 bits per heavy atom. The number of anilines is 1. The Morgan fingerprint density at radius 1 is 1.04 bits per heavy atom. The van der Waals surface area contributed by atoms with Crippen LogP contribution < -0.4 is 20.7 Å². The van der Waals surface area contributed by atoms with Crippen LogP contribution in [0.1, 0.15) is 19.8 Å². The molecule has 3 amide bonds. The predicted molar refractivity (Wildman–Crippen MR) is 89.1 cm³/mol. The minimum absolute atomic E-state index is 0.00776. The van der Waals surface area contributed by atoms with E-state index in [-0.39, 0.29) is 30.6 Å². The fourth-order valence-corrected chi connectivity index (χ4v) is 1.79. The molecule has 1 rings (SSSR count). The average Bonchev–Trinajstić information content (AvgIpc) is 2.55. The van der Waals surface area contributed by atoms with Gasteiger partial charge in [0.25, 0.3) is 0 Å². The lowest BCUT2D eigenvalue weighted by molar-refractivity contribution is -0.139. The minimum Gasteiger partial charge on any atom is -0.482 e. The first-order valence-electron chi connectivity index (χ1n) is 7.62. The number of benzene rings is 1. The van der Waals surface area contributed by atoms with Crippen molar-refractivity contribution in [1.82, 2.24) is 10.6 Å². The van der Waals surface area contributed by atoms with E-state index in [2.05, 4.69) is 16.0 Å². The third-order valence-corrected chi connectivity index (χ3v) is 2.88. The highest BCUT2D eigenvalue weighted by atomic mass is 16.5. The molecule has 25 heavy (non-hydrogen) atoms. The summed E-state index contributed by atoms with van der Waals surface area (Å²) >= 11 is 0. The predicted octanol–water partition coefficient (Wildman–Crippen LogP) is 0.121. The van der Waals surface area contributed by atoms with E-state index in [1.165, 1.54) is 13.0 Å². The zero-order valence-corrected chi connectivity index (χ0v) is 13.8. The van der Waals surface area contributed by atoms with Crippen molar-refractivity contribution in [1.29, 1.82) is 0 Å². The standard InChI is InChI=1S/C16H21N3O6/c1-11(20)17-7-8-18-14(21)5-6-15(22)19-12-3-2-4-13(9-12)25-10-16(23)24/h2-4,9H,5-8,10H2,1H3,(H,17,20)(H,18,21)(H,19,22)(H,23,24). The SMILES string of the molecule is CC(=O)NCCNC(=O)CCC(=O)Nc1cccc(OCC(=O)O)c1. The Balaban J connectivity index is 2.31. The molecule has 1 aromatic carbocycles. The molecule has 9 nitrogen and oxygen atoms in total. The van der Waals surface area contributed by atoms with E-state index in [1.807, 2.05) is 0 Å². The number of carbonyl (C=O) groups excluding carboxylic acids is 3. The molecule has 0 atom stereocenters. The quantitative estimate of drug-likeness (QED) is 0.443. The van der Waals surface area contributed by atoms with Crippen LogP contribution >= 0.6 is 0 Å². The first kappa shape index (κ1) is 19.9. The number of carbonyl (C=O) groups is 4. The Kier molecular flexibility index (Phi) is 8.48. The Hall–Kier alpha value is -3.10. The van der Waals surface area contributed by atoms with E-state index in [1.54, 1.807) is 18.2 Å². The molecule has 0 aliphatic rings. The Morgan fingerprint density at radius 3 is 2.40 bits per heavy atom. The topological polar surface area (TPSA) is 134 Å². The van der Waals surface area contributed by atoms with E-state index in [0.717, 1.165) is 0 Å². The average molecular weight is 351 g/mol. The van der Waals surface area contributed by atoms with Crippen molar-refractivity contribution in [2.75, 3.05) is 25.0 Å². The van der Waals surface area contributed by atoms with Crippen LogP contribution in [0, 0.1) is 0 Å². The van der Waals surface area contributed by atoms with Crippen LogP contribution in [0.3, 0.4) is 0 Å². The first-order chi connectivity index (χ1) is 11.9. The van der Waals surface area contributed by atoms with Crippen molar-refractivity contribution in [2.24, 2.45) is 0 Å². The van der Waals surface area contributed by atoms with Crippen molar-refractivity contribution in [3.8, 4) is 5.75 Å². The van der Waals surface area contributed by atoms with Gasteiger partial charge in [0.15, 0.2) is 6.61 Å². The number of carboxylic acid groups (broad SMARTS) is 1. The molecule has 136 valence electrons. The van der Waals surface area contributed by atoms with Crippen molar-refractivity contribution < 1.29 is 29.0 Å². The molecule has 4 N–H and O–H groups in total. The Labute approximate surface area is 144 Å². The van der Waals surface area contributed by atoms with Gasteiger partial charge in [0.2, 0.25) is 17.7 Å². The molecule has 0 heterocycles. The van der Waals surface area contributed by atoms with Crippen molar-refractivity contribution in [3.05, 3.63) is 24.3 Å². The second-order valence-corrected chi connectivity index (χ2v) is 5.09. The molecule has 0 aliphatic heterocycles. The van der Waals surface area contributed by atoms with Gasteiger partial charge >= 0.3 is 5.97 Å². The monoisotopic (exact) mass is 351 g/mol. The van der Waals surface area contributed by atoms with E-state index < -0.39 is 12.6 Å². The van der Waals surface area contributed by atoms with Gasteiger partial charge in [-0.25, -0.2) is 4.79 Å². The largest absolute Gasteiger partial charge is 0.482 e. The number of nitrogens with one attached hydrogen (secondary N) is 3. The molecular weight excluding hydrogens is 330 g/mol. The van der Waals surface area contributed by atoms with Gasteiger partial charge in [0.1, 0.15) is 5.75 Å². The molecule has 0 radical (unpaired) electrons. The fourth-order valence-electron chi connectivity index (χ4n) is 1.79. The summed E-state index contributed by atoms with van der Waals surface area (Å²) in [7, 11) is 0. The second kappa shape index (κ2) is 10.6. The fraction of sp³-hybridized carbons (Fsp3) is 0.375. The zero-order chi connectivity index (χ0) is 18.7. The maximum Gasteiger partial charge on any atom is 0.341 e. The van der Waals surface area contributed by atoms with Gasteiger partial charge in [-0.3, -0.25) is 14.4 Å².